The number of aryl methyl sites for hydroxylation is 1. The average Bonchev–Trinajstić information content (AvgIpc) is 3.06. The van der Waals surface area contributed by atoms with Crippen molar-refractivity contribution in [2.45, 2.75) is 33.2 Å². The summed E-state index contributed by atoms with van der Waals surface area (Å²) in [5, 5.41) is 11.0. The Hall–Kier alpha value is -2.12. The zero-order valence-electron chi connectivity index (χ0n) is 16.2. The van der Waals surface area contributed by atoms with Gasteiger partial charge in [0.05, 0.1) is 12.2 Å². The van der Waals surface area contributed by atoms with Crippen LogP contribution in [0.15, 0.2) is 18.2 Å². The van der Waals surface area contributed by atoms with Crippen molar-refractivity contribution in [1.82, 2.24) is 9.88 Å². The monoisotopic (exact) mass is 421 g/mol. The molecule has 1 aromatic carbocycles. The number of carbonyl (C=O) groups is 2. The third-order valence-corrected chi connectivity index (χ3v) is 6.39. The standard InChI is InChI=1S/C20H24ClN3O3S/c1-12(2)8-17-18(14-4-5-15(21)13(3)9-14)22-20(28-17)23-6-7-24(11-25)16(10-23)19(26)27/h4-5,9,11-12,16H,6-8,10H2,1-3H3,(H,26,27). The Morgan fingerprint density at radius 3 is 2.79 bits per heavy atom. The molecule has 6 nitrogen and oxygen atoms in total. The first-order valence-corrected chi connectivity index (χ1v) is 10.4. The van der Waals surface area contributed by atoms with Gasteiger partial charge < -0.3 is 14.9 Å². The number of hydrogen-bond donors (Lipinski definition) is 1. The first kappa shape index (κ1) is 20.6. The molecule has 1 aliphatic heterocycles. The lowest BCUT2D eigenvalue weighted by Gasteiger charge is -2.37. The molecular weight excluding hydrogens is 398 g/mol. The molecule has 1 fully saturated rings. The number of aliphatic carboxylic acids is 1. The molecular formula is C20H24ClN3O3S. The number of carboxylic acids is 1. The molecule has 1 unspecified atom stereocenters. The number of benzene rings is 1. The van der Waals surface area contributed by atoms with Gasteiger partial charge in [-0.05, 0) is 37.0 Å². The number of aromatic nitrogens is 1. The molecule has 1 aromatic heterocycles. The molecule has 0 spiro atoms. The highest BCUT2D eigenvalue weighted by atomic mass is 35.5. The predicted octanol–water partition coefficient (Wildman–Crippen LogP) is 3.70. The van der Waals surface area contributed by atoms with E-state index in [1.54, 1.807) is 11.3 Å². The minimum atomic E-state index is -0.996. The van der Waals surface area contributed by atoms with E-state index in [-0.39, 0.29) is 6.54 Å². The van der Waals surface area contributed by atoms with Crippen LogP contribution in [-0.4, -0.2) is 53.0 Å². The molecule has 2 aromatic rings. The van der Waals surface area contributed by atoms with Crippen LogP contribution in [0.4, 0.5) is 5.13 Å². The number of anilines is 1. The molecule has 28 heavy (non-hydrogen) atoms. The molecule has 0 aliphatic carbocycles. The summed E-state index contributed by atoms with van der Waals surface area (Å²) in [6.07, 6.45) is 1.51. The number of amides is 1. The van der Waals surface area contributed by atoms with Crippen LogP contribution in [0.1, 0.15) is 24.3 Å². The summed E-state index contributed by atoms with van der Waals surface area (Å²) in [7, 11) is 0. The minimum Gasteiger partial charge on any atom is -0.480 e. The van der Waals surface area contributed by atoms with E-state index in [4.69, 9.17) is 16.6 Å². The number of thiazole rings is 1. The van der Waals surface area contributed by atoms with Crippen molar-refractivity contribution in [3.63, 3.8) is 0 Å². The van der Waals surface area contributed by atoms with Crippen molar-refractivity contribution in [2.75, 3.05) is 24.5 Å². The van der Waals surface area contributed by atoms with Gasteiger partial charge in [-0.3, -0.25) is 4.79 Å². The Labute approximate surface area is 173 Å². The van der Waals surface area contributed by atoms with Gasteiger partial charge in [-0.1, -0.05) is 31.5 Å². The number of hydrogen-bond acceptors (Lipinski definition) is 5. The fourth-order valence-corrected chi connectivity index (χ4v) is 4.76. The predicted molar refractivity (Wildman–Crippen MR) is 112 cm³/mol. The third kappa shape index (κ3) is 4.31. The van der Waals surface area contributed by atoms with Gasteiger partial charge in [0.25, 0.3) is 0 Å². The Bertz CT molecular complexity index is 884. The maximum atomic E-state index is 11.6. The van der Waals surface area contributed by atoms with Crippen LogP contribution in [0.2, 0.25) is 5.02 Å². The van der Waals surface area contributed by atoms with Gasteiger partial charge in [0.15, 0.2) is 5.13 Å². The molecule has 1 amide bonds. The van der Waals surface area contributed by atoms with Crippen LogP contribution < -0.4 is 4.90 Å². The van der Waals surface area contributed by atoms with Crippen molar-refractivity contribution >= 4 is 40.4 Å². The van der Waals surface area contributed by atoms with Crippen molar-refractivity contribution < 1.29 is 14.7 Å². The quantitative estimate of drug-likeness (QED) is 0.720. The van der Waals surface area contributed by atoms with Crippen LogP contribution in [0.3, 0.4) is 0 Å². The first-order valence-electron chi connectivity index (χ1n) is 9.25. The summed E-state index contributed by atoms with van der Waals surface area (Å²) in [5.74, 6) is -0.525. The molecule has 0 saturated carbocycles. The summed E-state index contributed by atoms with van der Waals surface area (Å²) in [5.41, 5.74) is 2.94. The summed E-state index contributed by atoms with van der Waals surface area (Å²) in [6.45, 7) is 7.48. The zero-order valence-corrected chi connectivity index (χ0v) is 17.8. The second kappa shape index (κ2) is 8.49. The highest BCUT2D eigenvalue weighted by Crippen LogP contribution is 2.36. The van der Waals surface area contributed by atoms with Gasteiger partial charge in [-0.2, -0.15) is 0 Å². The van der Waals surface area contributed by atoms with E-state index in [0.717, 1.165) is 33.4 Å². The number of piperazine rings is 1. The lowest BCUT2D eigenvalue weighted by atomic mass is 10.0. The van der Waals surface area contributed by atoms with Crippen LogP contribution in [0, 0.1) is 12.8 Å². The number of carboxylic acid groups (broad SMARTS) is 1. The minimum absolute atomic E-state index is 0.238. The van der Waals surface area contributed by atoms with E-state index in [9.17, 15) is 14.7 Å². The summed E-state index contributed by atoms with van der Waals surface area (Å²) in [4.78, 5) is 32.1. The molecule has 8 heteroatoms. The lowest BCUT2D eigenvalue weighted by molar-refractivity contribution is -0.146. The fraction of sp³-hybridized carbons (Fsp3) is 0.450. The van der Waals surface area contributed by atoms with E-state index < -0.39 is 12.0 Å². The van der Waals surface area contributed by atoms with Gasteiger partial charge in [0.1, 0.15) is 6.04 Å². The smallest absolute Gasteiger partial charge is 0.328 e. The number of nitrogens with zero attached hydrogens (tertiary/aromatic N) is 3. The molecule has 150 valence electrons. The second-order valence-corrected chi connectivity index (χ2v) is 8.94. The fourth-order valence-electron chi connectivity index (χ4n) is 3.32. The highest BCUT2D eigenvalue weighted by molar-refractivity contribution is 7.16. The molecule has 2 heterocycles. The van der Waals surface area contributed by atoms with Gasteiger partial charge in [-0.15, -0.1) is 11.3 Å². The lowest BCUT2D eigenvalue weighted by Crippen LogP contribution is -2.56. The summed E-state index contributed by atoms with van der Waals surface area (Å²) < 4.78 is 0. The number of rotatable bonds is 6. The third-order valence-electron chi connectivity index (χ3n) is 4.82. The Morgan fingerprint density at radius 1 is 1.43 bits per heavy atom. The molecule has 1 atom stereocenters. The summed E-state index contributed by atoms with van der Waals surface area (Å²) in [6, 6.07) is 5.04. The van der Waals surface area contributed by atoms with E-state index in [2.05, 4.69) is 13.8 Å². The van der Waals surface area contributed by atoms with Gasteiger partial charge in [0.2, 0.25) is 6.41 Å². The normalized spacial score (nSPS) is 17.2. The summed E-state index contributed by atoms with van der Waals surface area (Å²) >= 11 is 7.78. The largest absolute Gasteiger partial charge is 0.480 e. The van der Waals surface area contributed by atoms with Gasteiger partial charge >= 0.3 is 5.97 Å². The Balaban J connectivity index is 1.96. The van der Waals surface area contributed by atoms with Crippen molar-refractivity contribution in [2.24, 2.45) is 5.92 Å². The van der Waals surface area contributed by atoms with Crippen molar-refractivity contribution in [3.05, 3.63) is 33.7 Å². The average molecular weight is 422 g/mol. The first-order chi connectivity index (χ1) is 13.3. The van der Waals surface area contributed by atoms with Crippen molar-refractivity contribution in [3.8, 4) is 11.3 Å². The van der Waals surface area contributed by atoms with E-state index in [0.29, 0.717) is 25.4 Å². The molecule has 3 rings (SSSR count). The van der Waals surface area contributed by atoms with Gasteiger partial charge in [0, 0.05) is 28.6 Å². The topological polar surface area (TPSA) is 73.7 Å². The molecule has 0 bridgehead atoms. The molecule has 1 N–H and O–H groups in total. The maximum absolute atomic E-state index is 11.6. The molecule has 1 aliphatic rings. The zero-order chi connectivity index (χ0) is 20.4. The second-order valence-electron chi connectivity index (χ2n) is 7.47. The van der Waals surface area contributed by atoms with Crippen molar-refractivity contribution in [1.29, 1.82) is 0 Å². The Morgan fingerprint density at radius 2 is 2.18 bits per heavy atom. The van der Waals surface area contributed by atoms with Crippen LogP contribution in [0.25, 0.3) is 11.3 Å². The molecule has 1 saturated heterocycles. The number of carbonyl (C=O) groups excluding carboxylic acids is 1. The van der Waals surface area contributed by atoms with E-state index >= 15 is 0 Å². The van der Waals surface area contributed by atoms with E-state index in [1.165, 1.54) is 9.78 Å². The van der Waals surface area contributed by atoms with Crippen LogP contribution in [-0.2, 0) is 16.0 Å². The SMILES string of the molecule is Cc1cc(-c2nc(N3CCN(C=O)C(C(=O)O)C3)sc2CC(C)C)ccc1Cl. The Kier molecular flexibility index (Phi) is 6.25. The maximum Gasteiger partial charge on any atom is 0.328 e. The van der Waals surface area contributed by atoms with Crippen LogP contribution >= 0.6 is 22.9 Å². The molecule has 0 radical (unpaired) electrons. The van der Waals surface area contributed by atoms with Gasteiger partial charge in [-0.25, -0.2) is 9.78 Å². The van der Waals surface area contributed by atoms with E-state index in [1.807, 2.05) is 30.0 Å². The van der Waals surface area contributed by atoms with Crippen LogP contribution in [0.5, 0.6) is 0 Å². The number of halogens is 1. The highest BCUT2D eigenvalue weighted by Gasteiger charge is 2.33.